The largest absolute Gasteiger partial charge is 0.357 e. The lowest BCUT2D eigenvalue weighted by atomic mass is 10.1. The zero-order chi connectivity index (χ0) is 16.6. The summed E-state index contributed by atoms with van der Waals surface area (Å²) in [6.45, 7) is 4.54. The molecule has 1 aromatic carbocycles. The molecule has 0 bridgehead atoms. The van der Waals surface area contributed by atoms with Crippen LogP contribution in [0, 0.1) is 0 Å². The van der Waals surface area contributed by atoms with Gasteiger partial charge in [0.15, 0.2) is 5.96 Å². The van der Waals surface area contributed by atoms with Crippen molar-refractivity contribution in [2.45, 2.75) is 51.7 Å². The highest BCUT2D eigenvalue weighted by atomic mass is 127. The first kappa shape index (κ1) is 19.8. The Hall–Kier alpha value is -1.57. The van der Waals surface area contributed by atoms with Crippen LogP contribution in [0.1, 0.15) is 43.7 Å². The van der Waals surface area contributed by atoms with Gasteiger partial charge in [-0.1, -0.05) is 37.1 Å². The van der Waals surface area contributed by atoms with E-state index in [1.165, 1.54) is 36.8 Å². The summed E-state index contributed by atoms with van der Waals surface area (Å²) in [5.41, 5.74) is 2.51. The van der Waals surface area contributed by atoms with E-state index < -0.39 is 0 Å². The van der Waals surface area contributed by atoms with Crippen molar-refractivity contribution in [3.8, 4) is 0 Å². The summed E-state index contributed by atoms with van der Waals surface area (Å²) >= 11 is 0. The van der Waals surface area contributed by atoms with Crippen molar-refractivity contribution in [3.63, 3.8) is 0 Å². The zero-order valence-electron chi connectivity index (χ0n) is 14.8. The SMILES string of the molecule is CCNC(=NCc1cccc(Cn2ccnc2)c1)NC1CCCC1.I. The molecule has 0 amide bonds. The van der Waals surface area contributed by atoms with E-state index in [0.717, 1.165) is 19.0 Å². The molecule has 2 N–H and O–H groups in total. The van der Waals surface area contributed by atoms with Gasteiger partial charge in [-0.15, -0.1) is 24.0 Å². The van der Waals surface area contributed by atoms with E-state index in [9.17, 15) is 0 Å². The summed E-state index contributed by atoms with van der Waals surface area (Å²) in [6.07, 6.45) is 10.8. The Labute approximate surface area is 167 Å². The molecule has 0 spiro atoms. The second-order valence-corrected chi connectivity index (χ2v) is 6.38. The molecule has 1 fully saturated rings. The van der Waals surface area contributed by atoms with E-state index in [1.807, 2.05) is 18.7 Å². The Bertz CT molecular complexity index is 648. The number of hydrogen-bond donors (Lipinski definition) is 2. The summed E-state index contributed by atoms with van der Waals surface area (Å²) in [5.74, 6) is 0.935. The van der Waals surface area contributed by atoms with E-state index in [-0.39, 0.29) is 24.0 Å². The molecule has 0 saturated heterocycles. The average molecular weight is 453 g/mol. The van der Waals surface area contributed by atoms with Gasteiger partial charge >= 0.3 is 0 Å². The van der Waals surface area contributed by atoms with Crippen LogP contribution in [0.3, 0.4) is 0 Å². The number of imidazole rings is 1. The average Bonchev–Trinajstić information content (AvgIpc) is 3.27. The van der Waals surface area contributed by atoms with Crippen LogP contribution in [0.15, 0.2) is 48.0 Å². The minimum Gasteiger partial charge on any atom is -0.357 e. The van der Waals surface area contributed by atoms with Crippen LogP contribution in [0.2, 0.25) is 0 Å². The lowest BCUT2D eigenvalue weighted by Gasteiger charge is -2.16. The summed E-state index contributed by atoms with van der Waals surface area (Å²) in [7, 11) is 0. The maximum absolute atomic E-state index is 4.76. The highest BCUT2D eigenvalue weighted by Crippen LogP contribution is 2.17. The van der Waals surface area contributed by atoms with Crippen LogP contribution in [-0.2, 0) is 13.1 Å². The van der Waals surface area contributed by atoms with Crippen molar-refractivity contribution in [2.75, 3.05) is 6.54 Å². The standard InChI is InChI=1S/C19H27N5.HI/c1-2-21-19(23-18-8-3-4-9-18)22-13-16-6-5-7-17(12-16)14-24-11-10-20-15-24;/h5-7,10-12,15,18H,2-4,8-9,13-14H2,1H3,(H2,21,22,23);1H. The Balaban J connectivity index is 0.00000225. The number of nitrogens with zero attached hydrogens (tertiary/aromatic N) is 3. The van der Waals surface area contributed by atoms with Gasteiger partial charge in [-0.05, 0) is 30.9 Å². The Morgan fingerprint density at radius 1 is 1.28 bits per heavy atom. The van der Waals surface area contributed by atoms with Gasteiger partial charge in [-0.3, -0.25) is 0 Å². The lowest BCUT2D eigenvalue weighted by Crippen LogP contribution is -2.42. The topological polar surface area (TPSA) is 54.2 Å². The molecule has 0 atom stereocenters. The molecule has 1 aliphatic rings. The minimum atomic E-state index is 0. The normalized spacial score (nSPS) is 15.0. The molecule has 3 rings (SSSR count). The summed E-state index contributed by atoms with van der Waals surface area (Å²) in [6, 6.07) is 9.20. The molecule has 1 aromatic heterocycles. The molecule has 25 heavy (non-hydrogen) atoms. The van der Waals surface area contributed by atoms with Crippen LogP contribution in [-0.4, -0.2) is 28.1 Å². The molecule has 1 heterocycles. The molecule has 0 aliphatic heterocycles. The Morgan fingerprint density at radius 2 is 2.08 bits per heavy atom. The predicted molar refractivity (Wildman–Crippen MR) is 113 cm³/mol. The van der Waals surface area contributed by atoms with Crippen molar-refractivity contribution in [1.29, 1.82) is 0 Å². The number of halogens is 1. The maximum atomic E-state index is 4.76. The quantitative estimate of drug-likeness (QED) is 0.400. The molecular formula is C19H28IN5. The number of aromatic nitrogens is 2. The van der Waals surface area contributed by atoms with E-state index in [4.69, 9.17) is 4.99 Å². The van der Waals surface area contributed by atoms with Gasteiger partial charge < -0.3 is 15.2 Å². The first-order chi connectivity index (χ1) is 11.8. The molecule has 1 aliphatic carbocycles. The number of aliphatic imine (C=N–C) groups is 1. The number of guanidine groups is 1. The Morgan fingerprint density at radius 3 is 2.80 bits per heavy atom. The van der Waals surface area contributed by atoms with Gasteiger partial charge in [0.2, 0.25) is 0 Å². The van der Waals surface area contributed by atoms with E-state index in [0.29, 0.717) is 12.6 Å². The third kappa shape index (κ3) is 6.34. The lowest BCUT2D eigenvalue weighted by molar-refractivity contribution is 0.614. The van der Waals surface area contributed by atoms with E-state index in [2.05, 4.69) is 51.4 Å². The van der Waals surface area contributed by atoms with Crippen molar-refractivity contribution < 1.29 is 0 Å². The van der Waals surface area contributed by atoms with Crippen molar-refractivity contribution >= 4 is 29.9 Å². The van der Waals surface area contributed by atoms with Crippen LogP contribution < -0.4 is 10.6 Å². The van der Waals surface area contributed by atoms with Gasteiger partial charge in [0.05, 0.1) is 12.9 Å². The van der Waals surface area contributed by atoms with Crippen LogP contribution >= 0.6 is 24.0 Å². The second kappa shape index (κ2) is 10.4. The number of nitrogens with one attached hydrogen (secondary N) is 2. The van der Waals surface area contributed by atoms with Crippen LogP contribution in [0.4, 0.5) is 0 Å². The minimum absolute atomic E-state index is 0. The molecule has 5 nitrogen and oxygen atoms in total. The monoisotopic (exact) mass is 453 g/mol. The summed E-state index contributed by atoms with van der Waals surface area (Å²) in [5, 5.41) is 6.92. The van der Waals surface area contributed by atoms with Crippen molar-refractivity contribution in [2.24, 2.45) is 4.99 Å². The third-order valence-corrected chi connectivity index (χ3v) is 4.38. The summed E-state index contributed by atoms with van der Waals surface area (Å²) < 4.78 is 2.08. The maximum Gasteiger partial charge on any atom is 0.191 e. The molecule has 0 radical (unpaired) electrons. The van der Waals surface area contributed by atoms with E-state index in [1.54, 1.807) is 0 Å². The number of hydrogen-bond acceptors (Lipinski definition) is 2. The first-order valence-corrected chi connectivity index (χ1v) is 8.92. The fourth-order valence-electron chi connectivity index (χ4n) is 3.17. The molecule has 6 heteroatoms. The number of rotatable bonds is 6. The smallest absolute Gasteiger partial charge is 0.191 e. The second-order valence-electron chi connectivity index (χ2n) is 6.38. The van der Waals surface area contributed by atoms with Crippen LogP contribution in [0.5, 0.6) is 0 Å². The van der Waals surface area contributed by atoms with Gasteiger partial charge in [0, 0.05) is 31.5 Å². The van der Waals surface area contributed by atoms with Gasteiger partial charge in [-0.2, -0.15) is 0 Å². The highest BCUT2D eigenvalue weighted by molar-refractivity contribution is 14.0. The van der Waals surface area contributed by atoms with Gasteiger partial charge in [-0.25, -0.2) is 9.98 Å². The molecular weight excluding hydrogens is 425 g/mol. The van der Waals surface area contributed by atoms with Gasteiger partial charge in [0.1, 0.15) is 0 Å². The van der Waals surface area contributed by atoms with Gasteiger partial charge in [0.25, 0.3) is 0 Å². The van der Waals surface area contributed by atoms with Crippen LogP contribution in [0.25, 0.3) is 0 Å². The number of benzene rings is 1. The molecule has 136 valence electrons. The fourth-order valence-corrected chi connectivity index (χ4v) is 3.17. The first-order valence-electron chi connectivity index (χ1n) is 8.92. The zero-order valence-corrected chi connectivity index (χ0v) is 17.1. The third-order valence-electron chi connectivity index (χ3n) is 4.38. The molecule has 0 unspecified atom stereocenters. The highest BCUT2D eigenvalue weighted by Gasteiger charge is 2.15. The molecule has 1 saturated carbocycles. The Kier molecular flexibility index (Phi) is 8.24. The molecule has 2 aromatic rings. The fraction of sp³-hybridized carbons (Fsp3) is 0.474. The summed E-state index contributed by atoms with van der Waals surface area (Å²) in [4.78, 5) is 8.85. The predicted octanol–water partition coefficient (Wildman–Crippen LogP) is 3.55. The van der Waals surface area contributed by atoms with Crippen molar-refractivity contribution in [3.05, 3.63) is 54.1 Å². The van der Waals surface area contributed by atoms with E-state index >= 15 is 0 Å². The van der Waals surface area contributed by atoms with Crippen molar-refractivity contribution in [1.82, 2.24) is 20.2 Å².